The lowest BCUT2D eigenvalue weighted by Crippen LogP contribution is -2.42. The molecule has 1 N–H and O–H groups in total. The SMILES string of the molecule is COc1ccccc1NC(=O)Cc1ccc2c(c1)N(C)C(=O)C(C)O2. The van der Waals surface area contributed by atoms with E-state index in [1.807, 2.05) is 18.2 Å². The van der Waals surface area contributed by atoms with Gasteiger partial charge in [0.25, 0.3) is 5.91 Å². The normalized spacial score (nSPS) is 16.0. The third-order valence-corrected chi connectivity index (χ3v) is 4.11. The summed E-state index contributed by atoms with van der Waals surface area (Å²) in [5.41, 5.74) is 2.09. The molecule has 130 valence electrons. The zero-order valence-corrected chi connectivity index (χ0v) is 14.4. The monoisotopic (exact) mass is 340 g/mol. The van der Waals surface area contributed by atoms with Gasteiger partial charge in [0.05, 0.1) is 24.9 Å². The van der Waals surface area contributed by atoms with Crippen LogP contribution in [0.5, 0.6) is 11.5 Å². The highest BCUT2D eigenvalue weighted by molar-refractivity contribution is 6.00. The fourth-order valence-electron chi connectivity index (χ4n) is 2.79. The highest BCUT2D eigenvalue weighted by atomic mass is 16.5. The second-order valence-corrected chi connectivity index (χ2v) is 5.88. The van der Waals surface area contributed by atoms with Crippen LogP contribution in [-0.4, -0.2) is 32.1 Å². The van der Waals surface area contributed by atoms with Crippen LogP contribution in [0.2, 0.25) is 0 Å². The minimum Gasteiger partial charge on any atom is -0.495 e. The third-order valence-electron chi connectivity index (χ3n) is 4.11. The molecule has 0 saturated heterocycles. The van der Waals surface area contributed by atoms with Gasteiger partial charge in [0.15, 0.2) is 6.10 Å². The van der Waals surface area contributed by atoms with Crippen molar-refractivity contribution >= 4 is 23.2 Å². The van der Waals surface area contributed by atoms with Crippen LogP contribution in [0.15, 0.2) is 42.5 Å². The summed E-state index contributed by atoms with van der Waals surface area (Å²) < 4.78 is 10.8. The Balaban J connectivity index is 1.75. The van der Waals surface area contributed by atoms with Crippen molar-refractivity contribution in [2.24, 2.45) is 0 Å². The second-order valence-electron chi connectivity index (χ2n) is 5.88. The van der Waals surface area contributed by atoms with E-state index >= 15 is 0 Å². The summed E-state index contributed by atoms with van der Waals surface area (Å²) >= 11 is 0. The average molecular weight is 340 g/mol. The summed E-state index contributed by atoms with van der Waals surface area (Å²) in [4.78, 5) is 25.9. The molecule has 0 radical (unpaired) electrons. The molecule has 0 saturated carbocycles. The number of ether oxygens (including phenoxy) is 2. The van der Waals surface area contributed by atoms with Gasteiger partial charge < -0.3 is 19.7 Å². The summed E-state index contributed by atoms with van der Waals surface area (Å²) in [6, 6.07) is 12.7. The summed E-state index contributed by atoms with van der Waals surface area (Å²) in [7, 11) is 3.27. The largest absolute Gasteiger partial charge is 0.495 e. The Morgan fingerprint density at radius 1 is 1.28 bits per heavy atom. The molecule has 0 fully saturated rings. The van der Waals surface area contributed by atoms with E-state index in [9.17, 15) is 9.59 Å². The maximum Gasteiger partial charge on any atom is 0.267 e. The second kappa shape index (κ2) is 6.84. The fourth-order valence-corrected chi connectivity index (χ4v) is 2.79. The Morgan fingerprint density at radius 3 is 2.80 bits per heavy atom. The van der Waals surface area contributed by atoms with E-state index in [4.69, 9.17) is 9.47 Å². The molecule has 6 heteroatoms. The van der Waals surface area contributed by atoms with E-state index in [-0.39, 0.29) is 18.2 Å². The Bertz CT molecular complexity index is 819. The standard InChI is InChI=1S/C19H20N2O4/c1-12-19(23)21(2)15-10-13(8-9-17(15)25-12)11-18(22)20-14-6-4-5-7-16(14)24-3/h4-10,12H,11H2,1-3H3,(H,20,22). The number of nitrogens with one attached hydrogen (secondary N) is 1. The van der Waals surface area contributed by atoms with E-state index in [0.717, 1.165) is 5.56 Å². The lowest BCUT2D eigenvalue weighted by molar-refractivity contribution is -0.125. The van der Waals surface area contributed by atoms with Crippen LogP contribution >= 0.6 is 0 Å². The van der Waals surface area contributed by atoms with E-state index in [2.05, 4.69) is 5.32 Å². The van der Waals surface area contributed by atoms with Gasteiger partial charge in [-0.05, 0) is 36.8 Å². The lowest BCUT2D eigenvalue weighted by atomic mass is 10.1. The number of amides is 2. The molecule has 1 aliphatic rings. The first-order valence-corrected chi connectivity index (χ1v) is 7.99. The molecule has 25 heavy (non-hydrogen) atoms. The van der Waals surface area contributed by atoms with Crippen LogP contribution in [0.4, 0.5) is 11.4 Å². The predicted octanol–water partition coefficient (Wildman–Crippen LogP) is 2.62. The molecule has 0 aromatic heterocycles. The number of hydrogen-bond donors (Lipinski definition) is 1. The Hall–Kier alpha value is -3.02. The van der Waals surface area contributed by atoms with Gasteiger partial charge in [-0.3, -0.25) is 9.59 Å². The number of nitrogens with zero attached hydrogens (tertiary/aromatic N) is 1. The van der Waals surface area contributed by atoms with Gasteiger partial charge in [0.2, 0.25) is 5.91 Å². The predicted molar refractivity (Wildman–Crippen MR) is 95.3 cm³/mol. The smallest absolute Gasteiger partial charge is 0.267 e. The van der Waals surface area contributed by atoms with E-state index < -0.39 is 6.10 Å². The molecule has 0 bridgehead atoms. The van der Waals surface area contributed by atoms with Crippen LogP contribution in [0.25, 0.3) is 0 Å². The summed E-state index contributed by atoms with van der Waals surface area (Å²) in [5, 5.41) is 2.84. The molecule has 1 aliphatic heterocycles. The van der Waals surface area contributed by atoms with Gasteiger partial charge in [0.1, 0.15) is 11.5 Å². The zero-order chi connectivity index (χ0) is 18.0. The van der Waals surface area contributed by atoms with Crippen molar-refractivity contribution in [1.29, 1.82) is 0 Å². The van der Waals surface area contributed by atoms with Crippen molar-refractivity contribution in [2.45, 2.75) is 19.4 Å². The van der Waals surface area contributed by atoms with Crippen molar-refractivity contribution in [3.63, 3.8) is 0 Å². The molecule has 2 amide bonds. The quantitative estimate of drug-likeness (QED) is 0.929. The maximum absolute atomic E-state index is 12.3. The first-order chi connectivity index (χ1) is 12.0. The molecule has 0 aliphatic carbocycles. The number of para-hydroxylation sites is 2. The minimum atomic E-state index is -0.503. The van der Waals surface area contributed by atoms with E-state index in [0.29, 0.717) is 22.9 Å². The number of carbonyl (C=O) groups excluding carboxylic acids is 2. The number of fused-ring (bicyclic) bond motifs is 1. The molecule has 0 spiro atoms. The third kappa shape index (κ3) is 3.42. The fraction of sp³-hybridized carbons (Fsp3) is 0.263. The molecule has 2 aromatic carbocycles. The van der Waals surface area contributed by atoms with Gasteiger partial charge >= 0.3 is 0 Å². The number of carbonyl (C=O) groups is 2. The van der Waals surface area contributed by atoms with Crippen molar-refractivity contribution in [2.75, 3.05) is 24.4 Å². The summed E-state index contributed by atoms with van der Waals surface area (Å²) in [6.45, 7) is 1.72. The van der Waals surface area contributed by atoms with Crippen LogP contribution < -0.4 is 19.7 Å². The number of anilines is 2. The van der Waals surface area contributed by atoms with E-state index in [1.165, 1.54) is 0 Å². The summed E-state index contributed by atoms with van der Waals surface area (Å²) in [6.07, 6.45) is -0.319. The van der Waals surface area contributed by atoms with Crippen molar-refractivity contribution in [1.82, 2.24) is 0 Å². The molecule has 6 nitrogen and oxygen atoms in total. The Morgan fingerprint density at radius 2 is 2.04 bits per heavy atom. The van der Waals surface area contributed by atoms with Gasteiger partial charge in [-0.2, -0.15) is 0 Å². The van der Waals surface area contributed by atoms with Crippen LogP contribution in [-0.2, 0) is 16.0 Å². The van der Waals surface area contributed by atoms with Crippen LogP contribution in [0.3, 0.4) is 0 Å². The number of benzene rings is 2. The number of rotatable bonds is 4. The molecular weight excluding hydrogens is 320 g/mol. The molecule has 1 heterocycles. The van der Waals surface area contributed by atoms with Crippen LogP contribution in [0.1, 0.15) is 12.5 Å². The average Bonchev–Trinajstić information content (AvgIpc) is 2.61. The minimum absolute atomic E-state index is 0.108. The molecule has 1 atom stereocenters. The summed E-state index contributed by atoms with van der Waals surface area (Å²) in [5.74, 6) is 0.976. The zero-order valence-electron chi connectivity index (χ0n) is 14.4. The van der Waals surface area contributed by atoms with Crippen molar-refractivity contribution in [3.05, 3.63) is 48.0 Å². The highest BCUT2D eigenvalue weighted by Crippen LogP contribution is 2.34. The molecule has 2 aromatic rings. The molecule has 3 rings (SSSR count). The van der Waals surface area contributed by atoms with Gasteiger partial charge in [0, 0.05) is 7.05 Å². The molecular formula is C19H20N2O4. The van der Waals surface area contributed by atoms with E-state index in [1.54, 1.807) is 50.2 Å². The van der Waals surface area contributed by atoms with Crippen molar-refractivity contribution in [3.8, 4) is 11.5 Å². The maximum atomic E-state index is 12.3. The number of methoxy groups -OCH3 is 1. The van der Waals surface area contributed by atoms with Gasteiger partial charge in [-0.1, -0.05) is 18.2 Å². The van der Waals surface area contributed by atoms with Crippen molar-refractivity contribution < 1.29 is 19.1 Å². The number of hydrogen-bond acceptors (Lipinski definition) is 4. The first-order valence-electron chi connectivity index (χ1n) is 7.99. The van der Waals surface area contributed by atoms with Gasteiger partial charge in [-0.15, -0.1) is 0 Å². The highest BCUT2D eigenvalue weighted by Gasteiger charge is 2.29. The lowest BCUT2D eigenvalue weighted by Gasteiger charge is -2.30. The Kier molecular flexibility index (Phi) is 4.61. The topological polar surface area (TPSA) is 67.9 Å². The number of likely N-dealkylation sites (N-methyl/N-ethyl adjacent to an activating group) is 1. The Labute approximate surface area is 146 Å². The molecule has 1 unspecified atom stereocenters. The first kappa shape index (κ1) is 16.8. The van der Waals surface area contributed by atoms with Gasteiger partial charge in [-0.25, -0.2) is 0 Å². The van der Waals surface area contributed by atoms with Crippen LogP contribution in [0, 0.1) is 0 Å².